The molecule has 1 aliphatic heterocycles. The molecule has 0 spiro atoms. The maximum Gasteiger partial charge on any atom is 0.217 e. The molecule has 0 saturated heterocycles. The fourth-order valence-electron chi connectivity index (χ4n) is 3.06. The van der Waals surface area contributed by atoms with E-state index in [9.17, 15) is 4.79 Å². The van der Waals surface area contributed by atoms with Crippen molar-refractivity contribution in [3.05, 3.63) is 23.8 Å². The second-order valence-corrected chi connectivity index (χ2v) is 5.53. The van der Waals surface area contributed by atoms with E-state index in [4.69, 9.17) is 15.2 Å². The predicted molar refractivity (Wildman–Crippen MR) is 71.3 cm³/mol. The zero-order valence-electron chi connectivity index (χ0n) is 11.1. The van der Waals surface area contributed by atoms with Crippen LogP contribution in [0.15, 0.2) is 18.2 Å². The molecule has 3 atom stereocenters. The van der Waals surface area contributed by atoms with Gasteiger partial charge in [0.2, 0.25) is 5.91 Å². The summed E-state index contributed by atoms with van der Waals surface area (Å²) >= 11 is 0. The third-order valence-electron chi connectivity index (χ3n) is 4.09. The molecule has 0 aromatic heterocycles. The van der Waals surface area contributed by atoms with Crippen molar-refractivity contribution in [2.45, 2.75) is 25.7 Å². The summed E-state index contributed by atoms with van der Waals surface area (Å²) in [5.74, 6) is 2.87. The van der Waals surface area contributed by atoms with Gasteiger partial charge in [-0.05, 0) is 30.2 Å². The molecule has 2 N–H and O–H groups in total. The van der Waals surface area contributed by atoms with Gasteiger partial charge in [-0.15, -0.1) is 0 Å². The first-order valence-corrected chi connectivity index (χ1v) is 6.83. The molecule has 1 amide bonds. The molecular weight excluding hydrogens is 242 g/mol. The minimum atomic E-state index is -0.215. The van der Waals surface area contributed by atoms with Crippen LogP contribution in [0.2, 0.25) is 0 Å². The quantitative estimate of drug-likeness (QED) is 0.902. The lowest BCUT2D eigenvalue weighted by Gasteiger charge is -2.21. The lowest BCUT2D eigenvalue weighted by Crippen LogP contribution is -2.17. The van der Waals surface area contributed by atoms with Crippen LogP contribution in [0.1, 0.15) is 31.2 Å². The topological polar surface area (TPSA) is 61.6 Å². The molecule has 4 nitrogen and oxygen atoms in total. The molecule has 1 heterocycles. The van der Waals surface area contributed by atoms with E-state index in [1.165, 1.54) is 5.56 Å². The Hall–Kier alpha value is -1.71. The molecule has 1 fully saturated rings. The number of primary amides is 1. The number of carbonyl (C=O) groups excluding carboxylic acids is 1. The van der Waals surface area contributed by atoms with Crippen molar-refractivity contribution in [3.8, 4) is 11.5 Å². The van der Waals surface area contributed by atoms with Crippen molar-refractivity contribution in [2.24, 2.45) is 17.6 Å². The van der Waals surface area contributed by atoms with Gasteiger partial charge < -0.3 is 15.2 Å². The summed E-state index contributed by atoms with van der Waals surface area (Å²) in [6.45, 7) is 3.32. The highest BCUT2D eigenvalue weighted by Gasteiger charge is 2.44. The number of hydrogen-bond donors (Lipinski definition) is 1. The van der Waals surface area contributed by atoms with Gasteiger partial charge in [0, 0.05) is 12.0 Å². The van der Waals surface area contributed by atoms with Crippen molar-refractivity contribution in [3.63, 3.8) is 0 Å². The largest absolute Gasteiger partial charge is 0.486 e. The Labute approximate surface area is 112 Å². The highest BCUT2D eigenvalue weighted by atomic mass is 16.6. The van der Waals surface area contributed by atoms with Crippen LogP contribution in [0, 0.1) is 11.8 Å². The van der Waals surface area contributed by atoms with E-state index >= 15 is 0 Å². The van der Waals surface area contributed by atoms with E-state index in [-0.39, 0.29) is 5.91 Å². The van der Waals surface area contributed by atoms with E-state index in [1.807, 2.05) is 12.1 Å². The van der Waals surface area contributed by atoms with Gasteiger partial charge in [-0.25, -0.2) is 0 Å². The maximum atomic E-state index is 11.0. The monoisotopic (exact) mass is 261 g/mol. The first kappa shape index (κ1) is 12.3. The number of nitrogens with two attached hydrogens (primary N) is 1. The van der Waals surface area contributed by atoms with Crippen LogP contribution in [0.3, 0.4) is 0 Å². The summed E-state index contributed by atoms with van der Waals surface area (Å²) in [4.78, 5) is 11.0. The van der Waals surface area contributed by atoms with E-state index in [0.717, 1.165) is 17.9 Å². The molecule has 1 aromatic rings. The zero-order chi connectivity index (χ0) is 13.4. The molecule has 19 heavy (non-hydrogen) atoms. The number of para-hydroxylation sites is 1. The highest BCUT2D eigenvalue weighted by Crippen LogP contribution is 2.56. The molecule has 4 heteroatoms. The molecule has 102 valence electrons. The third kappa shape index (κ3) is 2.39. The van der Waals surface area contributed by atoms with Crippen LogP contribution >= 0.6 is 0 Å². The summed E-state index contributed by atoms with van der Waals surface area (Å²) in [6, 6.07) is 6.06. The number of amides is 1. The average Bonchev–Trinajstić information content (AvgIpc) is 3.17. The molecule has 1 saturated carbocycles. The van der Waals surface area contributed by atoms with Crippen molar-refractivity contribution < 1.29 is 14.3 Å². The van der Waals surface area contributed by atoms with Crippen molar-refractivity contribution in [2.75, 3.05) is 13.2 Å². The second kappa shape index (κ2) is 4.76. The average molecular weight is 261 g/mol. The van der Waals surface area contributed by atoms with Crippen LogP contribution in [-0.4, -0.2) is 19.1 Å². The van der Waals surface area contributed by atoms with Crippen LogP contribution in [0.5, 0.6) is 11.5 Å². The molecule has 0 radical (unpaired) electrons. The van der Waals surface area contributed by atoms with Gasteiger partial charge in [-0.3, -0.25) is 4.79 Å². The Kier molecular flexibility index (Phi) is 3.09. The number of ether oxygens (including phenoxy) is 2. The summed E-state index contributed by atoms with van der Waals surface area (Å²) in [5.41, 5.74) is 6.49. The van der Waals surface area contributed by atoms with Crippen LogP contribution in [-0.2, 0) is 4.79 Å². The Morgan fingerprint density at radius 1 is 1.42 bits per heavy atom. The third-order valence-corrected chi connectivity index (χ3v) is 4.09. The molecule has 1 aromatic carbocycles. The van der Waals surface area contributed by atoms with Gasteiger partial charge in [0.1, 0.15) is 13.2 Å². The first-order valence-electron chi connectivity index (χ1n) is 6.83. The van der Waals surface area contributed by atoms with Crippen LogP contribution in [0.25, 0.3) is 0 Å². The van der Waals surface area contributed by atoms with Crippen molar-refractivity contribution >= 4 is 5.91 Å². The van der Waals surface area contributed by atoms with Crippen molar-refractivity contribution in [1.82, 2.24) is 0 Å². The Bertz CT molecular complexity index is 500. The second-order valence-electron chi connectivity index (χ2n) is 5.53. The number of rotatable bonds is 4. The maximum absolute atomic E-state index is 11.0. The lowest BCUT2D eigenvalue weighted by molar-refractivity contribution is -0.118. The summed E-state index contributed by atoms with van der Waals surface area (Å²) in [6.07, 6.45) is 1.57. The van der Waals surface area contributed by atoms with Gasteiger partial charge >= 0.3 is 0 Å². The predicted octanol–water partition coefficient (Wildman–Crippen LogP) is 2.07. The Balaban J connectivity index is 1.76. The number of carbonyl (C=O) groups is 1. The van der Waals surface area contributed by atoms with Gasteiger partial charge in [-0.2, -0.15) is 0 Å². The lowest BCUT2D eigenvalue weighted by atomic mass is 9.97. The zero-order valence-corrected chi connectivity index (χ0v) is 11.1. The first-order chi connectivity index (χ1) is 9.16. The number of hydrogen-bond acceptors (Lipinski definition) is 3. The van der Waals surface area contributed by atoms with E-state index in [2.05, 4.69) is 13.0 Å². The highest BCUT2D eigenvalue weighted by molar-refractivity contribution is 5.74. The van der Waals surface area contributed by atoms with Gasteiger partial charge in [0.05, 0.1) is 0 Å². The van der Waals surface area contributed by atoms with E-state index < -0.39 is 0 Å². The summed E-state index contributed by atoms with van der Waals surface area (Å²) < 4.78 is 11.4. The van der Waals surface area contributed by atoms with Gasteiger partial charge in [-0.1, -0.05) is 19.1 Å². The number of fused-ring (bicyclic) bond motifs is 1. The Morgan fingerprint density at radius 2 is 2.21 bits per heavy atom. The molecular formula is C15H19NO3. The molecule has 2 aliphatic rings. The minimum absolute atomic E-state index is 0.215. The fraction of sp³-hybridized carbons (Fsp3) is 0.533. The minimum Gasteiger partial charge on any atom is -0.486 e. The van der Waals surface area contributed by atoms with Gasteiger partial charge in [0.25, 0.3) is 0 Å². The molecule has 3 rings (SSSR count). The van der Waals surface area contributed by atoms with E-state index in [0.29, 0.717) is 37.4 Å². The molecule has 0 bridgehead atoms. The SMILES string of the molecule is CC(CC(N)=O)C1CC1c1cccc2c1OCCO2. The number of benzene rings is 1. The Morgan fingerprint density at radius 3 is 3.00 bits per heavy atom. The molecule has 3 unspecified atom stereocenters. The summed E-state index contributed by atoms with van der Waals surface area (Å²) in [7, 11) is 0. The smallest absolute Gasteiger partial charge is 0.217 e. The van der Waals surface area contributed by atoms with Crippen molar-refractivity contribution in [1.29, 1.82) is 0 Å². The fourth-order valence-corrected chi connectivity index (χ4v) is 3.06. The molecule has 1 aliphatic carbocycles. The van der Waals surface area contributed by atoms with Gasteiger partial charge in [0.15, 0.2) is 11.5 Å². The standard InChI is InChI=1S/C15H19NO3/c1-9(7-14(16)17)11-8-12(11)10-3-2-4-13-15(10)19-6-5-18-13/h2-4,9,11-12H,5-8H2,1H3,(H2,16,17). The summed E-state index contributed by atoms with van der Waals surface area (Å²) in [5, 5.41) is 0. The van der Waals surface area contributed by atoms with Crippen LogP contribution in [0.4, 0.5) is 0 Å². The normalized spacial score (nSPS) is 25.7. The van der Waals surface area contributed by atoms with E-state index in [1.54, 1.807) is 0 Å². The van der Waals surface area contributed by atoms with Crippen LogP contribution < -0.4 is 15.2 Å².